The second-order valence-corrected chi connectivity index (χ2v) is 28.3. The van der Waals surface area contributed by atoms with Crippen LogP contribution in [0.2, 0.25) is 10.0 Å². The van der Waals surface area contributed by atoms with Crippen molar-refractivity contribution in [1.29, 1.82) is 0 Å². The molecule has 15 aromatic rings. The van der Waals surface area contributed by atoms with Crippen molar-refractivity contribution >= 4 is 53.0 Å². The van der Waals surface area contributed by atoms with Crippen molar-refractivity contribution in [2.24, 2.45) is 0 Å². The van der Waals surface area contributed by atoms with Crippen LogP contribution in [-0.2, 0) is 5.41 Å². The molecule has 10 aromatic carbocycles. The van der Waals surface area contributed by atoms with Gasteiger partial charge in [0.25, 0.3) is 0 Å². The molecule has 112 heavy (non-hydrogen) atoms. The highest BCUT2D eigenvalue weighted by Gasteiger charge is 2.17. The van der Waals surface area contributed by atoms with Crippen LogP contribution in [0.4, 0.5) is 0 Å². The van der Waals surface area contributed by atoms with E-state index in [2.05, 4.69) is 129 Å². The Morgan fingerprint density at radius 2 is 0.580 bits per heavy atom. The first-order valence-corrected chi connectivity index (χ1v) is 36.0. The van der Waals surface area contributed by atoms with Crippen molar-refractivity contribution in [3.63, 3.8) is 0 Å². The molecule has 0 atom stereocenters. The number of aromatic carboxylic acids is 5. The normalized spacial score (nSPS) is 10.8. The maximum Gasteiger partial charge on any atom is 0.335 e. The van der Waals surface area contributed by atoms with Crippen LogP contribution >= 0.6 is 23.2 Å². The number of carboxylic acid groups (broad SMARTS) is 5. The zero-order valence-electron chi connectivity index (χ0n) is 62.6. The van der Waals surface area contributed by atoms with Crippen LogP contribution in [0.25, 0.3) is 84.1 Å². The Labute approximate surface area is 656 Å². The van der Waals surface area contributed by atoms with E-state index in [-0.39, 0.29) is 33.2 Å². The Morgan fingerprint density at radius 1 is 0.286 bits per heavy atom. The van der Waals surface area contributed by atoms with E-state index in [4.69, 9.17) is 48.7 Å². The van der Waals surface area contributed by atoms with Gasteiger partial charge in [0.15, 0.2) is 0 Å². The van der Waals surface area contributed by atoms with Gasteiger partial charge in [-0.25, -0.2) is 47.4 Å². The number of hydrogen-bond acceptors (Lipinski definition) is 10. The first-order valence-electron chi connectivity index (χ1n) is 35.2. The van der Waals surface area contributed by atoms with Crippen LogP contribution < -0.4 is 0 Å². The summed E-state index contributed by atoms with van der Waals surface area (Å²) in [4.78, 5) is 54.8. The van der Waals surface area contributed by atoms with Crippen LogP contribution in [0, 0.1) is 41.5 Å². The molecule has 0 fully saturated rings. The molecule has 0 spiro atoms. The summed E-state index contributed by atoms with van der Waals surface area (Å²) < 4.78 is 8.94. The number of carbonyl (C=O) groups is 5. The Morgan fingerprint density at radius 3 is 0.884 bits per heavy atom. The molecule has 22 heteroatoms. The molecule has 0 saturated heterocycles. The minimum atomic E-state index is -0.945. The largest absolute Gasteiger partial charge is 0.478 e. The van der Waals surface area contributed by atoms with E-state index >= 15 is 0 Å². The van der Waals surface area contributed by atoms with Gasteiger partial charge in [0.1, 0.15) is 0 Å². The van der Waals surface area contributed by atoms with Gasteiger partial charge in [-0.3, -0.25) is 0 Å². The number of nitrogens with zero attached hydrogens (tertiary/aromatic N) is 10. The number of benzene rings is 10. The van der Waals surface area contributed by atoms with Crippen LogP contribution in [0.3, 0.4) is 0 Å². The van der Waals surface area contributed by atoms with Crippen molar-refractivity contribution in [1.82, 2.24) is 48.9 Å². The summed E-state index contributed by atoms with van der Waals surface area (Å²) in [5, 5.41) is 68.2. The van der Waals surface area contributed by atoms with E-state index in [0.29, 0.717) is 10.0 Å². The van der Waals surface area contributed by atoms with Crippen molar-refractivity contribution in [2.45, 2.75) is 67.7 Å². The second-order valence-electron chi connectivity index (χ2n) is 27.5. The van der Waals surface area contributed by atoms with Crippen LogP contribution in [-0.4, -0.2) is 104 Å². The molecule has 5 heterocycles. The fraction of sp³-hybridized carbons (Fsp3) is 0.111. The molecule has 15 rings (SSSR count). The topological polar surface area (TPSA) is 276 Å². The predicted octanol–water partition coefficient (Wildman–Crippen LogP) is 20.6. The lowest BCUT2D eigenvalue weighted by Gasteiger charge is -2.19. The molecule has 0 amide bonds. The summed E-state index contributed by atoms with van der Waals surface area (Å²) in [7, 11) is 0. The van der Waals surface area contributed by atoms with E-state index in [9.17, 15) is 24.0 Å². The van der Waals surface area contributed by atoms with Gasteiger partial charge in [0, 0.05) is 68.8 Å². The Bertz CT molecular complexity index is 5910. The third kappa shape index (κ3) is 19.9. The summed E-state index contributed by atoms with van der Waals surface area (Å²) >= 11 is 12.3. The maximum absolute atomic E-state index is 11.1. The fourth-order valence-corrected chi connectivity index (χ4v) is 12.2. The first kappa shape index (κ1) is 79.2. The van der Waals surface area contributed by atoms with E-state index in [1.165, 1.54) is 16.7 Å². The average molecular weight is 1530 g/mol. The molecular formula is C90H78Cl2N10O10. The van der Waals surface area contributed by atoms with Crippen LogP contribution in [0.1, 0.15) is 112 Å². The summed E-state index contributed by atoms with van der Waals surface area (Å²) in [5.41, 5.74) is 23.3. The Balaban J connectivity index is 0.000000138. The lowest BCUT2D eigenvalue weighted by atomic mass is 9.87. The molecule has 0 radical (unpaired) electrons. The fourth-order valence-electron chi connectivity index (χ4n) is 11.8. The SMILES string of the molecule is CC(C)(C)c1ccc(-n2cc(-c3ccc(C(=O)O)cc3)cn2)cc1.Cc1ccc(-n2cc(-c3ccc(C(=O)O)cc3)cn2)c(C)c1.Cc1ccc(-n2cc(-c3ccc(C(=O)O)cc3)cn2)cc1Cl.Cc1ccc(-n2cc(-c3cccc(C(=O)O)c3)cn2)c(C)c1.Cc1ccc(-n2cc(-c3cccc(C(=O)O)c3)cn2)cc1Cl. The lowest BCUT2D eigenvalue weighted by Crippen LogP contribution is -2.10. The Kier molecular flexibility index (Phi) is 24.8. The van der Waals surface area contributed by atoms with E-state index < -0.39 is 29.8 Å². The summed E-state index contributed by atoms with van der Waals surface area (Å²) in [5.74, 6) is -4.64. The second kappa shape index (κ2) is 35.0. The van der Waals surface area contributed by atoms with E-state index in [1.807, 2.05) is 113 Å². The smallest absolute Gasteiger partial charge is 0.335 e. The zero-order valence-corrected chi connectivity index (χ0v) is 64.1. The van der Waals surface area contributed by atoms with Gasteiger partial charge in [0.2, 0.25) is 0 Å². The van der Waals surface area contributed by atoms with Gasteiger partial charge in [-0.2, -0.15) is 25.5 Å². The molecular weight excluding hydrogens is 1450 g/mol. The van der Waals surface area contributed by atoms with Crippen LogP contribution in [0.15, 0.2) is 280 Å². The van der Waals surface area contributed by atoms with Crippen LogP contribution in [0.5, 0.6) is 0 Å². The number of halogens is 2. The van der Waals surface area contributed by atoms with Gasteiger partial charge < -0.3 is 25.5 Å². The summed E-state index contributed by atoms with van der Waals surface area (Å²) in [6.07, 6.45) is 18.3. The zero-order chi connectivity index (χ0) is 80.1. The van der Waals surface area contributed by atoms with Gasteiger partial charge in [-0.1, -0.05) is 164 Å². The van der Waals surface area contributed by atoms with Gasteiger partial charge in [-0.15, -0.1) is 0 Å². The van der Waals surface area contributed by atoms with E-state index in [0.717, 1.165) is 106 Å². The number of aryl methyl sites for hydroxylation is 6. The highest BCUT2D eigenvalue weighted by atomic mass is 35.5. The molecule has 562 valence electrons. The highest BCUT2D eigenvalue weighted by Crippen LogP contribution is 2.30. The number of rotatable bonds is 15. The molecule has 0 saturated carbocycles. The number of aromatic nitrogens is 10. The molecule has 0 aliphatic carbocycles. The molecule has 0 aliphatic rings. The third-order valence-electron chi connectivity index (χ3n) is 18.2. The standard InChI is InChI=1S/C20H20N2O2.2C18H16N2O2.2C17H13ClN2O2/c1-20(2,3)17-8-10-18(11-9-17)22-13-16(12-21-22)14-4-6-15(7-5-14)19(23)24;1-12-3-8-17(13(2)9-12)20-11-16(10-19-20)14-4-6-15(7-5-14)18(21)22;1-12-6-7-17(13(2)8-12)20-11-16(10-19-20)14-4-3-5-15(9-14)18(21)22;1-11-2-7-15(8-16(11)18)20-10-14(9-19-20)12-3-5-13(6-4-12)17(21)22;1-11-5-6-15(8-16(11)18)20-10-14(9-19-20)12-3-2-4-13(7-12)17(21)22/h4-13H,1-3H3,(H,23,24);2*3-11H,1-2H3,(H,21,22);2*2-10H,1H3,(H,21,22). The molecule has 5 aromatic heterocycles. The highest BCUT2D eigenvalue weighted by molar-refractivity contribution is 6.31. The van der Waals surface area contributed by atoms with Crippen molar-refractivity contribution in [2.75, 3.05) is 0 Å². The Hall–Kier alpha value is -13.8. The molecule has 0 aliphatic heterocycles. The van der Waals surface area contributed by atoms with Gasteiger partial charge >= 0.3 is 29.8 Å². The first-order chi connectivity index (χ1) is 53.5. The summed E-state index contributed by atoms with van der Waals surface area (Å²) in [6.45, 7) is 18.7. The monoisotopic (exact) mass is 1530 g/mol. The predicted molar refractivity (Wildman–Crippen MR) is 437 cm³/mol. The lowest BCUT2D eigenvalue weighted by molar-refractivity contribution is 0.0686. The molecule has 0 unspecified atom stereocenters. The summed E-state index contributed by atoms with van der Waals surface area (Å²) in [6, 6.07) is 66.2. The molecule has 20 nitrogen and oxygen atoms in total. The number of hydrogen-bond donors (Lipinski definition) is 5. The molecule has 0 bridgehead atoms. The molecule has 5 N–H and O–H groups in total. The number of carboxylic acids is 5. The van der Waals surface area contributed by atoms with Crippen molar-refractivity contribution in [3.05, 3.63) is 357 Å². The third-order valence-corrected chi connectivity index (χ3v) is 19.0. The maximum atomic E-state index is 11.1. The van der Waals surface area contributed by atoms with Crippen molar-refractivity contribution < 1.29 is 49.5 Å². The minimum absolute atomic E-state index is 0.125. The average Bonchev–Trinajstić information content (AvgIpc) is 1.72. The minimum Gasteiger partial charge on any atom is -0.478 e. The van der Waals surface area contributed by atoms with Gasteiger partial charge in [-0.05, 0) is 212 Å². The van der Waals surface area contributed by atoms with Crippen molar-refractivity contribution in [3.8, 4) is 84.1 Å². The quantitative estimate of drug-likeness (QED) is 0.0638. The van der Waals surface area contributed by atoms with Gasteiger partial charge in [0.05, 0.1) is 87.2 Å². The van der Waals surface area contributed by atoms with E-state index in [1.54, 1.807) is 150 Å².